The van der Waals surface area contributed by atoms with Crippen molar-refractivity contribution in [3.63, 3.8) is 0 Å². The third kappa shape index (κ3) is 3.07. The van der Waals surface area contributed by atoms with E-state index in [-0.39, 0.29) is 0 Å². The fourth-order valence-corrected chi connectivity index (χ4v) is 3.46. The van der Waals surface area contributed by atoms with E-state index in [2.05, 4.69) is 36.3 Å². The number of benzene rings is 1. The van der Waals surface area contributed by atoms with Crippen molar-refractivity contribution in [3.8, 4) is 0 Å². The summed E-state index contributed by atoms with van der Waals surface area (Å²) in [7, 11) is 1.81. The smallest absolute Gasteiger partial charge is 0.0772 e. The predicted molar refractivity (Wildman–Crippen MR) is 82.9 cm³/mol. The topological polar surface area (TPSA) is 38.5 Å². The van der Waals surface area contributed by atoms with Gasteiger partial charge in [0.15, 0.2) is 0 Å². The molecule has 2 rings (SSSR count). The molecule has 0 spiro atoms. The number of piperidine rings is 1. The van der Waals surface area contributed by atoms with Crippen LogP contribution < -0.4 is 10.6 Å². The lowest BCUT2D eigenvalue weighted by Crippen LogP contribution is -2.44. The molecule has 106 valence electrons. The van der Waals surface area contributed by atoms with Crippen LogP contribution in [0.25, 0.3) is 0 Å². The average Bonchev–Trinajstić information content (AvgIpc) is 2.46. The highest BCUT2D eigenvalue weighted by atomic mass is 32.2. The van der Waals surface area contributed by atoms with Crippen LogP contribution in [0.3, 0.4) is 0 Å². The standard InChI is InChI=1S/C15H24N2OS/c1-11-7-8-17(10-14(11)18-2)13-5-4-6-15(19-3)12(13)9-16/h4-6,11,14H,7-10,16H2,1-3H3. The second-order valence-electron chi connectivity index (χ2n) is 5.15. The third-order valence-corrected chi connectivity index (χ3v) is 4.89. The molecule has 1 fully saturated rings. The summed E-state index contributed by atoms with van der Waals surface area (Å²) in [5.41, 5.74) is 8.50. The summed E-state index contributed by atoms with van der Waals surface area (Å²) in [6.07, 6.45) is 3.60. The van der Waals surface area contributed by atoms with Crippen LogP contribution in [-0.4, -0.2) is 32.6 Å². The van der Waals surface area contributed by atoms with Crippen molar-refractivity contribution >= 4 is 17.4 Å². The number of rotatable bonds is 4. The molecule has 1 aliphatic rings. The molecule has 0 aromatic heterocycles. The largest absolute Gasteiger partial charge is 0.379 e. The van der Waals surface area contributed by atoms with Crippen LogP contribution in [-0.2, 0) is 11.3 Å². The van der Waals surface area contributed by atoms with Crippen LogP contribution in [0.5, 0.6) is 0 Å². The van der Waals surface area contributed by atoms with Crippen molar-refractivity contribution in [1.82, 2.24) is 0 Å². The molecule has 0 aliphatic carbocycles. The lowest BCUT2D eigenvalue weighted by atomic mass is 9.95. The summed E-state index contributed by atoms with van der Waals surface area (Å²) in [6, 6.07) is 6.46. The van der Waals surface area contributed by atoms with E-state index in [4.69, 9.17) is 10.5 Å². The van der Waals surface area contributed by atoms with Gasteiger partial charge in [-0.15, -0.1) is 11.8 Å². The fourth-order valence-electron chi connectivity index (χ4n) is 2.81. The molecule has 1 saturated heterocycles. The molecule has 1 aromatic carbocycles. The molecule has 0 saturated carbocycles. The van der Waals surface area contributed by atoms with E-state index >= 15 is 0 Å². The Bertz CT molecular complexity index is 425. The zero-order valence-corrected chi connectivity index (χ0v) is 12.9. The average molecular weight is 280 g/mol. The Morgan fingerprint density at radius 1 is 1.47 bits per heavy atom. The van der Waals surface area contributed by atoms with Gasteiger partial charge in [0.25, 0.3) is 0 Å². The Morgan fingerprint density at radius 2 is 2.26 bits per heavy atom. The van der Waals surface area contributed by atoms with Crippen LogP contribution in [0.4, 0.5) is 5.69 Å². The van der Waals surface area contributed by atoms with Crippen LogP contribution >= 0.6 is 11.8 Å². The number of methoxy groups -OCH3 is 1. The minimum Gasteiger partial charge on any atom is -0.379 e. The number of nitrogens with zero attached hydrogens (tertiary/aromatic N) is 1. The number of ether oxygens (including phenoxy) is 1. The van der Waals surface area contributed by atoms with Gasteiger partial charge in [-0.2, -0.15) is 0 Å². The molecule has 19 heavy (non-hydrogen) atoms. The van der Waals surface area contributed by atoms with Crippen molar-refractivity contribution in [3.05, 3.63) is 23.8 Å². The minimum absolute atomic E-state index is 0.317. The Hall–Kier alpha value is -0.710. The molecule has 1 aliphatic heterocycles. The molecule has 3 nitrogen and oxygen atoms in total. The van der Waals surface area contributed by atoms with Crippen molar-refractivity contribution < 1.29 is 4.74 Å². The van der Waals surface area contributed by atoms with Gasteiger partial charge in [-0.1, -0.05) is 13.0 Å². The van der Waals surface area contributed by atoms with Gasteiger partial charge in [0.05, 0.1) is 6.10 Å². The lowest BCUT2D eigenvalue weighted by molar-refractivity contribution is 0.0498. The van der Waals surface area contributed by atoms with Gasteiger partial charge < -0.3 is 15.4 Å². The molecule has 2 N–H and O–H groups in total. The highest BCUT2D eigenvalue weighted by Crippen LogP contribution is 2.32. The molecular formula is C15H24N2OS. The van der Waals surface area contributed by atoms with Gasteiger partial charge in [0.2, 0.25) is 0 Å². The number of anilines is 1. The monoisotopic (exact) mass is 280 g/mol. The molecule has 2 unspecified atom stereocenters. The van der Waals surface area contributed by atoms with E-state index < -0.39 is 0 Å². The second kappa shape index (κ2) is 6.64. The predicted octanol–water partition coefficient (Wildman–Crippen LogP) is 2.73. The summed E-state index contributed by atoms with van der Waals surface area (Å²) in [5, 5.41) is 0. The summed E-state index contributed by atoms with van der Waals surface area (Å²) in [4.78, 5) is 3.71. The van der Waals surface area contributed by atoms with Gasteiger partial charge in [-0.25, -0.2) is 0 Å². The highest BCUT2D eigenvalue weighted by Gasteiger charge is 2.27. The Morgan fingerprint density at radius 3 is 2.89 bits per heavy atom. The Kier molecular flexibility index (Phi) is 5.13. The second-order valence-corrected chi connectivity index (χ2v) is 6.00. The Labute approximate surface area is 120 Å². The Balaban J connectivity index is 2.26. The number of thioether (sulfide) groups is 1. The number of nitrogens with two attached hydrogens (primary N) is 1. The molecule has 4 heteroatoms. The van der Waals surface area contributed by atoms with E-state index in [9.17, 15) is 0 Å². The summed E-state index contributed by atoms with van der Waals surface area (Å²) < 4.78 is 5.61. The van der Waals surface area contributed by atoms with Gasteiger partial charge in [0.1, 0.15) is 0 Å². The highest BCUT2D eigenvalue weighted by molar-refractivity contribution is 7.98. The molecule has 0 bridgehead atoms. The lowest BCUT2D eigenvalue weighted by Gasteiger charge is -2.38. The number of hydrogen-bond acceptors (Lipinski definition) is 4. The normalized spacial score (nSPS) is 23.7. The van der Waals surface area contributed by atoms with E-state index in [0.29, 0.717) is 18.6 Å². The molecular weight excluding hydrogens is 256 g/mol. The summed E-state index contributed by atoms with van der Waals surface area (Å²) in [5.74, 6) is 0.631. The van der Waals surface area contributed by atoms with Gasteiger partial charge >= 0.3 is 0 Å². The van der Waals surface area contributed by atoms with Crippen molar-refractivity contribution in [2.45, 2.75) is 30.9 Å². The summed E-state index contributed by atoms with van der Waals surface area (Å²) in [6.45, 7) is 4.91. The van der Waals surface area contributed by atoms with Gasteiger partial charge in [-0.05, 0) is 30.7 Å². The van der Waals surface area contributed by atoms with E-state index in [0.717, 1.165) is 13.1 Å². The molecule has 1 aromatic rings. The molecule has 0 radical (unpaired) electrons. The van der Waals surface area contributed by atoms with Crippen LogP contribution in [0.2, 0.25) is 0 Å². The maximum absolute atomic E-state index is 5.96. The molecule has 2 atom stereocenters. The zero-order valence-electron chi connectivity index (χ0n) is 12.1. The first kappa shape index (κ1) is 14.7. The quantitative estimate of drug-likeness (QED) is 0.861. The first-order chi connectivity index (χ1) is 9.21. The number of hydrogen-bond donors (Lipinski definition) is 1. The van der Waals surface area contributed by atoms with Crippen LogP contribution in [0.15, 0.2) is 23.1 Å². The van der Waals surface area contributed by atoms with E-state index in [1.165, 1.54) is 22.6 Å². The van der Waals surface area contributed by atoms with Crippen molar-refractivity contribution in [2.75, 3.05) is 31.4 Å². The third-order valence-electron chi connectivity index (χ3n) is 4.07. The van der Waals surface area contributed by atoms with Crippen molar-refractivity contribution in [2.24, 2.45) is 11.7 Å². The molecule has 0 amide bonds. The van der Waals surface area contributed by atoms with Crippen molar-refractivity contribution in [1.29, 1.82) is 0 Å². The van der Waals surface area contributed by atoms with E-state index in [1.54, 1.807) is 11.8 Å². The van der Waals surface area contributed by atoms with Crippen LogP contribution in [0, 0.1) is 5.92 Å². The van der Waals surface area contributed by atoms with Gasteiger partial charge in [-0.3, -0.25) is 0 Å². The SMILES string of the molecule is COC1CN(c2cccc(SC)c2CN)CCC1C. The first-order valence-corrected chi connectivity index (χ1v) is 8.07. The first-order valence-electron chi connectivity index (χ1n) is 6.85. The maximum Gasteiger partial charge on any atom is 0.0772 e. The minimum atomic E-state index is 0.317. The summed E-state index contributed by atoms with van der Waals surface area (Å²) >= 11 is 1.77. The van der Waals surface area contributed by atoms with Gasteiger partial charge in [0, 0.05) is 42.9 Å². The van der Waals surface area contributed by atoms with Crippen LogP contribution in [0.1, 0.15) is 18.9 Å². The molecule has 1 heterocycles. The zero-order chi connectivity index (χ0) is 13.8. The van der Waals surface area contributed by atoms with E-state index in [1.807, 2.05) is 7.11 Å². The maximum atomic E-state index is 5.96. The fraction of sp³-hybridized carbons (Fsp3) is 0.600.